The summed E-state index contributed by atoms with van der Waals surface area (Å²) in [5.41, 5.74) is 0. The van der Waals surface area contributed by atoms with Crippen LogP contribution in [0.1, 0.15) is 58.8 Å². The lowest BCUT2D eigenvalue weighted by atomic mass is 9.84. The molecular formula is C13H24O4. The second-order valence-corrected chi connectivity index (χ2v) is 4.55. The maximum Gasteiger partial charge on any atom is 0.318 e. The molecule has 17 heavy (non-hydrogen) atoms. The Bertz CT molecular complexity index is 224. The Morgan fingerprint density at radius 1 is 0.882 bits per heavy atom. The average Bonchev–Trinajstić information content (AvgIpc) is 2.23. The first-order valence-corrected chi connectivity index (χ1v) is 6.50. The molecule has 4 nitrogen and oxygen atoms in total. The number of aliphatic carboxylic acids is 2. The zero-order valence-electron chi connectivity index (χ0n) is 10.8. The van der Waals surface area contributed by atoms with Crippen molar-refractivity contribution in [2.45, 2.75) is 58.8 Å². The molecule has 0 rings (SSSR count). The molecule has 4 heteroatoms. The molecule has 0 amide bonds. The van der Waals surface area contributed by atoms with Gasteiger partial charge in [-0.1, -0.05) is 46.0 Å². The number of hydrogen-bond acceptors (Lipinski definition) is 2. The molecule has 100 valence electrons. The molecule has 0 radical (unpaired) electrons. The lowest BCUT2D eigenvalue weighted by Gasteiger charge is -2.20. The van der Waals surface area contributed by atoms with E-state index in [9.17, 15) is 9.59 Å². The summed E-state index contributed by atoms with van der Waals surface area (Å²) < 4.78 is 0. The van der Waals surface area contributed by atoms with Gasteiger partial charge >= 0.3 is 11.9 Å². The molecule has 0 fully saturated rings. The van der Waals surface area contributed by atoms with Crippen LogP contribution in [0.3, 0.4) is 0 Å². The number of hydrogen-bond donors (Lipinski definition) is 2. The lowest BCUT2D eigenvalue weighted by molar-refractivity contribution is -0.157. The molecule has 0 aliphatic rings. The van der Waals surface area contributed by atoms with E-state index < -0.39 is 17.9 Å². The zero-order chi connectivity index (χ0) is 13.3. The van der Waals surface area contributed by atoms with Gasteiger partial charge in [0, 0.05) is 0 Å². The summed E-state index contributed by atoms with van der Waals surface area (Å²) in [6.45, 7) is 4.07. The molecule has 0 saturated carbocycles. The predicted molar refractivity (Wildman–Crippen MR) is 65.9 cm³/mol. The zero-order valence-corrected chi connectivity index (χ0v) is 10.8. The monoisotopic (exact) mass is 244 g/mol. The molecule has 0 aliphatic carbocycles. The number of carboxylic acids is 2. The number of carboxylic acid groups (broad SMARTS) is 2. The molecule has 0 aliphatic heterocycles. The fourth-order valence-electron chi connectivity index (χ4n) is 2.19. The van der Waals surface area contributed by atoms with Crippen LogP contribution in [0.4, 0.5) is 0 Å². The van der Waals surface area contributed by atoms with Crippen molar-refractivity contribution in [3.8, 4) is 0 Å². The van der Waals surface area contributed by atoms with E-state index in [0.717, 1.165) is 32.1 Å². The van der Waals surface area contributed by atoms with Gasteiger partial charge in [-0.15, -0.1) is 0 Å². The van der Waals surface area contributed by atoms with Gasteiger partial charge in [-0.05, 0) is 18.8 Å². The van der Waals surface area contributed by atoms with Gasteiger partial charge in [0.15, 0.2) is 5.92 Å². The molecule has 0 aromatic rings. The highest BCUT2D eigenvalue weighted by Gasteiger charge is 2.33. The van der Waals surface area contributed by atoms with Crippen LogP contribution in [0.2, 0.25) is 0 Å². The van der Waals surface area contributed by atoms with Crippen LogP contribution in [0, 0.1) is 11.8 Å². The highest BCUT2D eigenvalue weighted by molar-refractivity contribution is 5.93. The van der Waals surface area contributed by atoms with Gasteiger partial charge in [0.05, 0.1) is 0 Å². The fraction of sp³-hybridized carbons (Fsp3) is 0.846. The summed E-state index contributed by atoms with van der Waals surface area (Å²) in [5, 5.41) is 17.9. The van der Waals surface area contributed by atoms with Crippen molar-refractivity contribution in [2.75, 3.05) is 0 Å². The maximum atomic E-state index is 11.0. The molecule has 0 bridgehead atoms. The minimum Gasteiger partial charge on any atom is -0.481 e. The van der Waals surface area contributed by atoms with E-state index in [-0.39, 0.29) is 5.92 Å². The third kappa shape index (κ3) is 6.29. The summed E-state index contributed by atoms with van der Waals surface area (Å²) in [5.74, 6) is -3.87. The Morgan fingerprint density at radius 2 is 1.47 bits per heavy atom. The second-order valence-electron chi connectivity index (χ2n) is 4.55. The van der Waals surface area contributed by atoms with E-state index >= 15 is 0 Å². The normalized spacial score (nSPS) is 12.6. The van der Waals surface area contributed by atoms with Crippen molar-refractivity contribution in [1.82, 2.24) is 0 Å². The third-order valence-electron chi connectivity index (χ3n) is 3.09. The van der Waals surface area contributed by atoms with Crippen molar-refractivity contribution >= 4 is 11.9 Å². The van der Waals surface area contributed by atoms with Crippen LogP contribution in [0.15, 0.2) is 0 Å². The number of unbranched alkanes of at least 4 members (excludes halogenated alkanes) is 3. The van der Waals surface area contributed by atoms with E-state index in [1.165, 1.54) is 0 Å². The fourth-order valence-corrected chi connectivity index (χ4v) is 2.19. The summed E-state index contributed by atoms with van der Waals surface area (Å²) in [4.78, 5) is 21.9. The quantitative estimate of drug-likeness (QED) is 0.457. The van der Waals surface area contributed by atoms with E-state index in [1.54, 1.807) is 0 Å². The number of carbonyl (C=O) groups is 2. The average molecular weight is 244 g/mol. The molecule has 0 heterocycles. The summed E-state index contributed by atoms with van der Waals surface area (Å²) in [6.07, 6.45) is 6.45. The van der Waals surface area contributed by atoms with Gasteiger partial charge in [-0.3, -0.25) is 9.59 Å². The van der Waals surface area contributed by atoms with E-state index in [2.05, 4.69) is 6.92 Å². The Morgan fingerprint density at radius 3 is 1.88 bits per heavy atom. The van der Waals surface area contributed by atoms with Crippen LogP contribution in [-0.2, 0) is 9.59 Å². The molecule has 1 unspecified atom stereocenters. The molecular weight excluding hydrogens is 220 g/mol. The first-order valence-electron chi connectivity index (χ1n) is 6.50. The van der Waals surface area contributed by atoms with E-state index in [4.69, 9.17) is 10.2 Å². The Labute approximate surface area is 103 Å². The van der Waals surface area contributed by atoms with Crippen LogP contribution in [0.5, 0.6) is 0 Å². The van der Waals surface area contributed by atoms with Gasteiger partial charge < -0.3 is 10.2 Å². The molecule has 0 saturated heterocycles. The molecule has 0 spiro atoms. The summed E-state index contributed by atoms with van der Waals surface area (Å²) in [7, 11) is 0. The highest BCUT2D eigenvalue weighted by atomic mass is 16.4. The highest BCUT2D eigenvalue weighted by Crippen LogP contribution is 2.25. The van der Waals surface area contributed by atoms with Gasteiger partial charge in [-0.25, -0.2) is 0 Å². The first-order chi connectivity index (χ1) is 8.04. The minimum atomic E-state index is -1.24. The van der Waals surface area contributed by atoms with Crippen LogP contribution < -0.4 is 0 Å². The van der Waals surface area contributed by atoms with Gasteiger partial charge in [0.2, 0.25) is 0 Å². The van der Waals surface area contributed by atoms with E-state index in [1.807, 2.05) is 6.92 Å². The van der Waals surface area contributed by atoms with Crippen molar-refractivity contribution in [3.05, 3.63) is 0 Å². The Hall–Kier alpha value is -1.06. The Balaban J connectivity index is 4.36. The van der Waals surface area contributed by atoms with Gasteiger partial charge in [0.1, 0.15) is 0 Å². The third-order valence-corrected chi connectivity index (χ3v) is 3.09. The molecule has 1 atom stereocenters. The second kappa shape index (κ2) is 9.02. The van der Waals surface area contributed by atoms with Crippen molar-refractivity contribution < 1.29 is 19.8 Å². The molecule has 0 aromatic carbocycles. The SMILES string of the molecule is CCCCCCC(CCC)C(C(=O)O)C(=O)O. The summed E-state index contributed by atoms with van der Waals surface area (Å²) in [6, 6.07) is 0. The summed E-state index contributed by atoms with van der Waals surface area (Å²) >= 11 is 0. The number of rotatable bonds is 10. The standard InChI is InChI=1S/C13H24O4/c1-3-5-6-7-9-10(8-4-2)11(12(14)15)13(16)17/h10-11H,3-9H2,1-2H3,(H,14,15)(H,16,17). The minimum absolute atomic E-state index is 0.230. The van der Waals surface area contributed by atoms with Gasteiger partial charge in [-0.2, -0.15) is 0 Å². The smallest absolute Gasteiger partial charge is 0.318 e. The lowest BCUT2D eigenvalue weighted by Crippen LogP contribution is -2.31. The molecule has 0 aromatic heterocycles. The van der Waals surface area contributed by atoms with Crippen LogP contribution in [-0.4, -0.2) is 22.2 Å². The first kappa shape index (κ1) is 15.9. The molecule has 2 N–H and O–H groups in total. The predicted octanol–water partition coefficient (Wildman–Crippen LogP) is 3.16. The van der Waals surface area contributed by atoms with Crippen molar-refractivity contribution in [1.29, 1.82) is 0 Å². The topological polar surface area (TPSA) is 74.6 Å². The van der Waals surface area contributed by atoms with Crippen LogP contribution >= 0.6 is 0 Å². The van der Waals surface area contributed by atoms with Crippen molar-refractivity contribution in [2.24, 2.45) is 11.8 Å². The largest absolute Gasteiger partial charge is 0.481 e. The van der Waals surface area contributed by atoms with Crippen molar-refractivity contribution in [3.63, 3.8) is 0 Å². The van der Waals surface area contributed by atoms with E-state index in [0.29, 0.717) is 12.8 Å². The van der Waals surface area contributed by atoms with Crippen LogP contribution in [0.25, 0.3) is 0 Å². The Kier molecular flexibility index (Phi) is 8.46. The maximum absolute atomic E-state index is 11.0. The van der Waals surface area contributed by atoms with Gasteiger partial charge in [0.25, 0.3) is 0 Å².